The highest BCUT2D eigenvalue weighted by molar-refractivity contribution is 9.10. The first kappa shape index (κ1) is 20.3. The predicted molar refractivity (Wildman–Crippen MR) is 128 cm³/mol. The average molecular weight is 478 g/mol. The molecule has 1 N–H and O–H groups in total. The van der Waals surface area contributed by atoms with E-state index in [0.717, 1.165) is 42.6 Å². The Kier molecular flexibility index (Phi) is 6.57. The number of anilines is 1. The van der Waals surface area contributed by atoms with Gasteiger partial charge in [-0.15, -0.1) is 11.3 Å². The Labute approximate surface area is 188 Å². The lowest BCUT2D eigenvalue weighted by atomic mass is 10.1. The number of hydrogen-bond acceptors (Lipinski definition) is 5. The molecule has 0 bridgehead atoms. The average Bonchev–Trinajstić information content (AvgIpc) is 3.15. The summed E-state index contributed by atoms with van der Waals surface area (Å²) in [5.41, 5.74) is 7.24. The largest absolute Gasteiger partial charge is 0.489 e. The van der Waals surface area contributed by atoms with Crippen molar-refractivity contribution in [2.75, 3.05) is 5.43 Å². The van der Waals surface area contributed by atoms with Gasteiger partial charge in [-0.05, 0) is 54.4 Å². The van der Waals surface area contributed by atoms with Crippen LogP contribution in [-0.2, 0) is 6.61 Å². The molecule has 0 saturated carbocycles. The maximum absolute atomic E-state index is 5.83. The number of ether oxygens (including phenoxy) is 1. The van der Waals surface area contributed by atoms with Gasteiger partial charge in [0.25, 0.3) is 0 Å². The minimum absolute atomic E-state index is 0.537. The van der Waals surface area contributed by atoms with E-state index in [1.165, 1.54) is 0 Å². The van der Waals surface area contributed by atoms with E-state index in [0.29, 0.717) is 6.61 Å². The summed E-state index contributed by atoms with van der Waals surface area (Å²) in [5.74, 6) is 0.825. The zero-order chi connectivity index (χ0) is 20.8. The number of hydrazone groups is 1. The van der Waals surface area contributed by atoms with Crippen molar-refractivity contribution in [2.24, 2.45) is 5.10 Å². The van der Waals surface area contributed by atoms with Crippen LogP contribution in [0.5, 0.6) is 5.75 Å². The van der Waals surface area contributed by atoms with Gasteiger partial charge in [-0.25, -0.2) is 4.98 Å². The Morgan fingerprint density at radius 2 is 1.73 bits per heavy atom. The van der Waals surface area contributed by atoms with Gasteiger partial charge < -0.3 is 4.74 Å². The first-order valence-corrected chi connectivity index (χ1v) is 11.1. The Balaban J connectivity index is 1.33. The molecule has 0 atom stereocenters. The highest BCUT2D eigenvalue weighted by atomic mass is 79.9. The first-order chi connectivity index (χ1) is 14.7. The van der Waals surface area contributed by atoms with E-state index in [1.807, 2.05) is 66.7 Å². The summed E-state index contributed by atoms with van der Waals surface area (Å²) in [7, 11) is 0. The zero-order valence-corrected chi connectivity index (χ0v) is 18.8. The molecule has 0 spiro atoms. The fourth-order valence-electron chi connectivity index (χ4n) is 2.87. The molecule has 0 aliphatic carbocycles. The van der Waals surface area contributed by atoms with Crippen LogP contribution in [0.2, 0.25) is 0 Å². The monoisotopic (exact) mass is 477 g/mol. The normalized spacial score (nSPS) is 11.0. The highest BCUT2D eigenvalue weighted by Crippen LogP contribution is 2.30. The lowest BCUT2D eigenvalue weighted by Gasteiger charge is -2.06. The van der Waals surface area contributed by atoms with Crippen molar-refractivity contribution < 1.29 is 4.74 Å². The lowest BCUT2D eigenvalue weighted by molar-refractivity contribution is 0.306. The van der Waals surface area contributed by atoms with Crippen molar-refractivity contribution in [3.05, 3.63) is 99.3 Å². The standard InChI is InChI=1S/C24H20BrN3OS/c1-17-23(20-5-3-2-4-6-20)27-24(30-17)28-26-15-18-9-13-22(14-10-18)29-16-19-7-11-21(25)12-8-19/h2-15H,16H2,1H3,(H,27,28)/b26-15-. The first-order valence-electron chi connectivity index (χ1n) is 9.46. The van der Waals surface area contributed by atoms with Crippen LogP contribution < -0.4 is 10.2 Å². The molecule has 1 heterocycles. The van der Waals surface area contributed by atoms with E-state index in [-0.39, 0.29) is 0 Å². The number of thiazole rings is 1. The van der Waals surface area contributed by atoms with Gasteiger partial charge in [0.15, 0.2) is 0 Å². The molecule has 6 heteroatoms. The van der Waals surface area contributed by atoms with Gasteiger partial charge in [-0.1, -0.05) is 58.4 Å². The minimum atomic E-state index is 0.537. The molecule has 4 rings (SSSR count). The van der Waals surface area contributed by atoms with Crippen LogP contribution in [-0.4, -0.2) is 11.2 Å². The summed E-state index contributed by atoms with van der Waals surface area (Å²) in [5, 5.41) is 5.09. The number of aromatic nitrogens is 1. The Morgan fingerprint density at radius 3 is 2.47 bits per heavy atom. The number of hydrogen-bond donors (Lipinski definition) is 1. The third-order valence-corrected chi connectivity index (χ3v) is 5.82. The van der Waals surface area contributed by atoms with Gasteiger partial charge in [0.2, 0.25) is 5.13 Å². The SMILES string of the molecule is Cc1sc(N/N=C\c2ccc(OCc3ccc(Br)cc3)cc2)nc1-c1ccccc1. The van der Waals surface area contributed by atoms with E-state index in [2.05, 4.69) is 50.5 Å². The molecule has 150 valence electrons. The number of halogens is 1. The van der Waals surface area contributed by atoms with Gasteiger partial charge in [-0.2, -0.15) is 5.10 Å². The molecule has 0 radical (unpaired) electrons. The number of nitrogens with zero attached hydrogens (tertiary/aromatic N) is 2. The maximum atomic E-state index is 5.83. The summed E-state index contributed by atoms with van der Waals surface area (Å²) < 4.78 is 6.90. The van der Waals surface area contributed by atoms with Gasteiger partial charge >= 0.3 is 0 Å². The van der Waals surface area contributed by atoms with Crippen LogP contribution >= 0.6 is 27.3 Å². The van der Waals surface area contributed by atoms with Crippen LogP contribution in [0.1, 0.15) is 16.0 Å². The second-order valence-electron chi connectivity index (χ2n) is 6.64. The third-order valence-electron chi connectivity index (χ3n) is 4.42. The fourth-order valence-corrected chi connectivity index (χ4v) is 3.92. The molecule has 4 nitrogen and oxygen atoms in total. The molecule has 0 amide bonds. The molecular weight excluding hydrogens is 458 g/mol. The Hall–Kier alpha value is -2.96. The summed E-state index contributed by atoms with van der Waals surface area (Å²) in [4.78, 5) is 5.81. The number of rotatable bonds is 7. The van der Waals surface area contributed by atoms with Crippen molar-refractivity contribution in [3.63, 3.8) is 0 Å². The molecule has 0 saturated heterocycles. The minimum Gasteiger partial charge on any atom is -0.489 e. The number of benzene rings is 3. The summed E-state index contributed by atoms with van der Waals surface area (Å²) in [6, 6.07) is 26.1. The molecule has 3 aromatic carbocycles. The predicted octanol–water partition coefficient (Wildman–Crippen LogP) is 6.91. The summed E-state index contributed by atoms with van der Waals surface area (Å²) in [6.07, 6.45) is 1.78. The second-order valence-corrected chi connectivity index (χ2v) is 8.76. The number of nitrogens with one attached hydrogen (secondary N) is 1. The summed E-state index contributed by atoms with van der Waals surface area (Å²) >= 11 is 5.03. The van der Waals surface area contributed by atoms with Crippen LogP contribution in [0.3, 0.4) is 0 Å². The Bertz CT molecular complexity index is 1120. The van der Waals surface area contributed by atoms with E-state index in [9.17, 15) is 0 Å². The van der Waals surface area contributed by atoms with Crippen molar-refractivity contribution in [1.82, 2.24) is 4.98 Å². The van der Waals surface area contributed by atoms with Crippen molar-refractivity contribution in [2.45, 2.75) is 13.5 Å². The zero-order valence-electron chi connectivity index (χ0n) is 16.4. The summed E-state index contributed by atoms with van der Waals surface area (Å²) in [6.45, 7) is 2.61. The van der Waals surface area contributed by atoms with E-state index in [4.69, 9.17) is 4.74 Å². The highest BCUT2D eigenvalue weighted by Gasteiger charge is 2.08. The van der Waals surface area contributed by atoms with E-state index in [1.54, 1.807) is 17.6 Å². The smallest absolute Gasteiger partial charge is 0.204 e. The van der Waals surface area contributed by atoms with E-state index >= 15 is 0 Å². The van der Waals surface area contributed by atoms with Crippen LogP contribution in [0.4, 0.5) is 5.13 Å². The molecule has 4 aromatic rings. The fraction of sp³-hybridized carbons (Fsp3) is 0.0833. The molecular formula is C24H20BrN3OS. The van der Waals surface area contributed by atoms with Crippen LogP contribution in [0, 0.1) is 6.92 Å². The van der Waals surface area contributed by atoms with Gasteiger partial charge in [0, 0.05) is 14.9 Å². The van der Waals surface area contributed by atoms with Crippen LogP contribution in [0.15, 0.2) is 88.4 Å². The molecule has 0 aliphatic rings. The number of aryl methyl sites for hydroxylation is 1. The van der Waals surface area contributed by atoms with Crippen molar-refractivity contribution in [3.8, 4) is 17.0 Å². The van der Waals surface area contributed by atoms with Gasteiger partial charge in [0.1, 0.15) is 12.4 Å². The van der Waals surface area contributed by atoms with Gasteiger partial charge in [0.05, 0.1) is 11.9 Å². The van der Waals surface area contributed by atoms with E-state index < -0.39 is 0 Å². The molecule has 0 fully saturated rings. The molecule has 0 unspecified atom stereocenters. The Morgan fingerprint density at radius 1 is 1.00 bits per heavy atom. The van der Waals surface area contributed by atoms with Crippen LogP contribution in [0.25, 0.3) is 11.3 Å². The van der Waals surface area contributed by atoms with Gasteiger partial charge in [-0.3, -0.25) is 5.43 Å². The van der Waals surface area contributed by atoms with Crippen molar-refractivity contribution >= 4 is 38.6 Å². The lowest BCUT2D eigenvalue weighted by Crippen LogP contribution is -1.95. The van der Waals surface area contributed by atoms with Crippen molar-refractivity contribution in [1.29, 1.82) is 0 Å². The quantitative estimate of drug-likeness (QED) is 0.232. The topological polar surface area (TPSA) is 46.5 Å². The second kappa shape index (κ2) is 9.69. The molecule has 30 heavy (non-hydrogen) atoms. The molecule has 1 aromatic heterocycles. The third kappa shape index (κ3) is 5.34. The molecule has 0 aliphatic heterocycles. The maximum Gasteiger partial charge on any atom is 0.204 e.